The van der Waals surface area contributed by atoms with Crippen LogP contribution in [0.15, 0.2) is 39.7 Å². The van der Waals surface area contributed by atoms with E-state index in [1.807, 2.05) is 0 Å². The first-order chi connectivity index (χ1) is 13.7. The van der Waals surface area contributed by atoms with Crippen LogP contribution in [0.25, 0.3) is 17.4 Å². The van der Waals surface area contributed by atoms with Crippen LogP contribution in [-0.4, -0.2) is 41.1 Å². The van der Waals surface area contributed by atoms with Crippen LogP contribution >= 0.6 is 11.8 Å². The lowest BCUT2D eigenvalue weighted by atomic mass is 10.0. The minimum absolute atomic E-state index is 0.0615. The summed E-state index contributed by atoms with van der Waals surface area (Å²) < 4.78 is 10.3. The highest BCUT2D eigenvalue weighted by molar-refractivity contribution is 8.18. The van der Waals surface area contributed by atoms with Crippen LogP contribution in [-0.2, 0) is 14.3 Å². The van der Waals surface area contributed by atoms with E-state index in [4.69, 9.17) is 4.42 Å². The van der Waals surface area contributed by atoms with Gasteiger partial charge in [-0.1, -0.05) is 12.1 Å². The Morgan fingerprint density at radius 1 is 1.24 bits per heavy atom. The normalized spacial score (nSPS) is 16.4. The van der Waals surface area contributed by atoms with Gasteiger partial charge < -0.3 is 19.1 Å². The van der Waals surface area contributed by atoms with Gasteiger partial charge in [0.15, 0.2) is 0 Å². The van der Waals surface area contributed by atoms with Gasteiger partial charge >= 0.3 is 5.97 Å². The number of hydrogen-bond donors (Lipinski definition) is 0. The second-order valence-corrected chi connectivity index (χ2v) is 7.26. The molecule has 1 aromatic heterocycles. The molecule has 0 unspecified atom stereocenters. The van der Waals surface area contributed by atoms with Crippen molar-refractivity contribution in [3.63, 3.8) is 0 Å². The predicted molar refractivity (Wildman–Crippen MR) is 102 cm³/mol. The largest absolute Gasteiger partial charge is 0.545 e. The average Bonchev–Trinajstić information content (AvgIpc) is 3.25. The molecule has 0 saturated carbocycles. The number of methoxy groups -OCH3 is 1. The number of aryl methyl sites for hydroxylation is 1. The molecule has 0 N–H and O–H groups in total. The molecule has 2 heterocycles. The van der Waals surface area contributed by atoms with E-state index in [0.717, 1.165) is 4.90 Å². The van der Waals surface area contributed by atoms with E-state index in [1.165, 1.54) is 32.2 Å². The van der Waals surface area contributed by atoms with E-state index in [0.29, 0.717) is 34.4 Å². The number of furan rings is 1. The Morgan fingerprint density at radius 2 is 1.97 bits per heavy atom. The van der Waals surface area contributed by atoms with Crippen molar-refractivity contribution in [2.75, 3.05) is 7.11 Å². The third kappa shape index (κ3) is 3.95. The molecular weight excluding hydrogens is 398 g/mol. The molecule has 8 nitrogen and oxygen atoms in total. The van der Waals surface area contributed by atoms with Gasteiger partial charge in [-0.15, -0.1) is 0 Å². The summed E-state index contributed by atoms with van der Waals surface area (Å²) in [5, 5.41) is 10.4. The van der Waals surface area contributed by atoms with Crippen molar-refractivity contribution in [2.24, 2.45) is 0 Å². The van der Waals surface area contributed by atoms with E-state index in [-0.39, 0.29) is 10.5 Å². The summed E-state index contributed by atoms with van der Waals surface area (Å²) in [5.41, 5.74) is 1.42. The fourth-order valence-corrected chi connectivity index (χ4v) is 3.75. The number of aromatic carboxylic acids is 1. The first kappa shape index (κ1) is 20.4. The number of thioether (sulfide) groups is 1. The summed E-state index contributed by atoms with van der Waals surface area (Å²) in [6, 6.07) is 6.77. The second-order valence-electron chi connectivity index (χ2n) is 6.27. The SMILES string of the molecule is COC(=O)[C@@H](C)N1C(=O)S/C(=C/c2ccc(-c3ccc(C(=O)[O-])cc3C)o2)C1=O. The summed E-state index contributed by atoms with van der Waals surface area (Å²) in [6.45, 7) is 3.15. The molecule has 150 valence electrons. The smallest absolute Gasteiger partial charge is 0.328 e. The van der Waals surface area contributed by atoms with Crippen LogP contribution in [0.2, 0.25) is 0 Å². The number of esters is 1. The summed E-state index contributed by atoms with van der Waals surface area (Å²) in [4.78, 5) is 48.2. The van der Waals surface area contributed by atoms with Crippen LogP contribution in [0.5, 0.6) is 0 Å². The van der Waals surface area contributed by atoms with Crippen molar-refractivity contribution in [1.29, 1.82) is 0 Å². The molecule has 0 spiro atoms. The molecule has 9 heteroatoms. The standard InChI is InChI=1S/C20H17NO7S/c1-10-8-12(18(23)24)4-6-14(10)15-7-5-13(28-15)9-16-17(22)21(20(26)29-16)11(2)19(25)27-3/h4-9,11H,1-3H3,(H,23,24)/p-1/b16-9+/t11-/m1/s1. The summed E-state index contributed by atoms with van der Waals surface area (Å²) in [6.07, 6.45) is 1.42. The summed E-state index contributed by atoms with van der Waals surface area (Å²) in [7, 11) is 1.18. The number of nitrogens with zero attached hydrogens (tertiary/aromatic N) is 1. The van der Waals surface area contributed by atoms with Crippen LogP contribution in [0.3, 0.4) is 0 Å². The minimum atomic E-state index is -1.27. The highest BCUT2D eigenvalue weighted by atomic mass is 32.2. The number of carboxylic acid groups (broad SMARTS) is 1. The quantitative estimate of drug-likeness (QED) is 0.540. The zero-order valence-electron chi connectivity index (χ0n) is 15.8. The Kier molecular flexibility index (Phi) is 5.60. The number of imide groups is 1. The molecule has 1 aliphatic heterocycles. The summed E-state index contributed by atoms with van der Waals surface area (Å²) >= 11 is 0.705. The zero-order chi connectivity index (χ0) is 21.3. The molecule has 0 bridgehead atoms. The van der Waals surface area contributed by atoms with Crippen LogP contribution in [0.4, 0.5) is 4.79 Å². The molecule has 29 heavy (non-hydrogen) atoms. The minimum Gasteiger partial charge on any atom is -0.545 e. The molecule has 1 fully saturated rings. The predicted octanol–water partition coefficient (Wildman–Crippen LogP) is 2.22. The lowest BCUT2D eigenvalue weighted by Crippen LogP contribution is -2.42. The Morgan fingerprint density at radius 3 is 2.59 bits per heavy atom. The molecule has 0 aliphatic carbocycles. The van der Waals surface area contributed by atoms with Gasteiger partial charge in [-0.2, -0.15) is 0 Å². The van der Waals surface area contributed by atoms with Gasteiger partial charge in [-0.05, 0) is 54.9 Å². The Balaban J connectivity index is 1.85. The molecular formula is C20H16NO7S-. The topological polar surface area (TPSA) is 117 Å². The second kappa shape index (κ2) is 7.96. The fraction of sp³-hybridized carbons (Fsp3) is 0.200. The van der Waals surface area contributed by atoms with Crippen molar-refractivity contribution < 1.29 is 33.4 Å². The Bertz CT molecular complexity index is 1050. The molecule has 1 saturated heterocycles. The van der Waals surface area contributed by atoms with Gasteiger partial charge in [0.25, 0.3) is 11.1 Å². The Labute approximate surface area is 170 Å². The van der Waals surface area contributed by atoms with Gasteiger partial charge in [-0.25, -0.2) is 4.79 Å². The van der Waals surface area contributed by atoms with E-state index in [2.05, 4.69) is 4.74 Å². The molecule has 0 radical (unpaired) electrons. The molecule has 2 amide bonds. The number of amides is 2. The third-order valence-electron chi connectivity index (χ3n) is 4.38. The number of ether oxygens (including phenoxy) is 1. The van der Waals surface area contributed by atoms with E-state index >= 15 is 0 Å². The monoisotopic (exact) mass is 414 g/mol. The zero-order valence-corrected chi connectivity index (χ0v) is 16.6. The van der Waals surface area contributed by atoms with Gasteiger partial charge in [-0.3, -0.25) is 14.5 Å². The van der Waals surface area contributed by atoms with Crippen molar-refractivity contribution >= 4 is 40.9 Å². The number of carboxylic acids is 1. The fourth-order valence-electron chi connectivity index (χ4n) is 2.86. The first-order valence-corrected chi connectivity index (χ1v) is 9.31. The maximum Gasteiger partial charge on any atom is 0.328 e. The number of carbonyl (C=O) groups excluding carboxylic acids is 4. The van der Waals surface area contributed by atoms with Crippen LogP contribution in [0.1, 0.15) is 28.6 Å². The molecule has 3 rings (SSSR count). The number of carbonyl (C=O) groups is 4. The van der Waals surface area contributed by atoms with Crippen LogP contribution < -0.4 is 5.11 Å². The number of benzene rings is 1. The van der Waals surface area contributed by atoms with Gasteiger partial charge in [0.05, 0.1) is 18.0 Å². The van der Waals surface area contributed by atoms with E-state index < -0.39 is 29.1 Å². The van der Waals surface area contributed by atoms with E-state index in [9.17, 15) is 24.3 Å². The van der Waals surface area contributed by atoms with Gasteiger partial charge in [0, 0.05) is 11.6 Å². The maximum atomic E-state index is 12.5. The van der Waals surface area contributed by atoms with E-state index in [1.54, 1.807) is 25.1 Å². The van der Waals surface area contributed by atoms with Gasteiger partial charge in [0.2, 0.25) is 0 Å². The van der Waals surface area contributed by atoms with Crippen LogP contribution in [0, 0.1) is 6.92 Å². The highest BCUT2D eigenvalue weighted by Crippen LogP contribution is 2.35. The number of rotatable bonds is 5. The lowest BCUT2D eigenvalue weighted by molar-refractivity contribution is -0.255. The molecule has 1 atom stereocenters. The highest BCUT2D eigenvalue weighted by Gasteiger charge is 2.41. The van der Waals surface area contributed by atoms with Crippen molar-refractivity contribution in [3.05, 3.63) is 52.1 Å². The van der Waals surface area contributed by atoms with Crippen molar-refractivity contribution in [2.45, 2.75) is 19.9 Å². The van der Waals surface area contributed by atoms with Gasteiger partial charge in [0.1, 0.15) is 17.6 Å². The summed E-state index contributed by atoms with van der Waals surface area (Å²) in [5.74, 6) is -1.76. The third-order valence-corrected chi connectivity index (χ3v) is 5.26. The average molecular weight is 414 g/mol. The lowest BCUT2D eigenvalue weighted by Gasteiger charge is -2.18. The molecule has 1 aromatic carbocycles. The van der Waals surface area contributed by atoms with Crippen molar-refractivity contribution in [1.82, 2.24) is 4.90 Å². The molecule has 2 aromatic rings. The Hall–Kier alpha value is -3.33. The number of hydrogen-bond acceptors (Lipinski definition) is 8. The van der Waals surface area contributed by atoms with Crippen molar-refractivity contribution in [3.8, 4) is 11.3 Å². The maximum absolute atomic E-state index is 12.5. The first-order valence-electron chi connectivity index (χ1n) is 8.50. The molecule has 1 aliphatic rings.